The number of benzene rings is 6. The van der Waals surface area contributed by atoms with E-state index >= 15 is 0 Å². The molecule has 17 heteroatoms. The third kappa shape index (κ3) is 14.5. The van der Waals surface area contributed by atoms with Gasteiger partial charge in [0.2, 0.25) is 0 Å². The molecule has 2 amide bonds. The van der Waals surface area contributed by atoms with Gasteiger partial charge in [0, 0.05) is 78.8 Å². The number of aromatic nitrogens is 4. The van der Waals surface area contributed by atoms with Gasteiger partial charge in [-0.3, -0.25) is 9.59 Å². The first-order chi connectivity index (χ1) is 39.6. The third-order valence-corrected chi connectivity index (χ3v) is 16.3. The van der Waals surface area contributed by atoms with Gasteiger partial charge in [0.15, 0.2) is 0 Å². The number of nitrogens with one attached hydrogen (secondary N) is 1. The van der Waals surface area contributed by atoms with Crippen LogP contribution in [0.5, 0.6) is 11.5 Å². The van der Waals surface area contributed by atoms with E-state index in [1.54, 1.807) is 60.7 Å². The van der Waals surface area contributed by atoms with Crippen LogP contribution >= 0.6 is 15.9 Å². The first kappa shape index (κ1) is 57.2. The number of aliphatic hydroxyl groups excluding tert-OH is 2. The normalized spacial score (nSPS) is 17.6. The number of nitrogens with zero attached hydrogens (tertiary/aromatic N) is 5. The number of carbonyl (C=O) groups is 2. The van der Waals surface area contributed by atoms with Gasteiger partial charge in [0.1, 0.15) is 48.0 Å². The lowest BCUT2D eigenvalue weighted by molar-refractivity contribution is 0.0701. The minimum absolute atomic E-state index is 0.0577. The number of hydrogen-bond donors (Lipinski definition) is 3. The molecule has 81 heavy (non-hydrogen) atoms. The number of likely N-dealkylation sites (tertiary alicyclic amines) is 2. The average Bonchev–Trinajstić information content (AvgIpc) is 4.42. The Labute approximate surface area is 479 Å². The molecular weight excluding hydrogens is 1100 g/mol. The molecule has 12 rings (SSSR count). The molecule has 0 radical (unpaired) electrons. The molecule has 3 N–H and O–H groups in total. The van der Waals surface area contributed by atoms with E-state index in [4.69, 9.17) is 28.9 Å². The van der Waals surface area contributed by atoms with Crippen molar-refractivity contribution in [2.24, 2.45) is 0 Å². The molecule has 6 heterocycles. The highest BCUT2D eigenvalue weighted by atomic mass is 79.9. The fourth-order valence-electron chi connectivity index (χ4n) is 11.1. The second-order valence-electron chi connectivity index (χ2n) is 21.1. The van der Waals surface area contributed by atoms with Crippen LogP contribution < -0.4 is 9.47 Å². The second kappa shape index (κ2) is 27.6. The van der Waals surface area contributed by atoms with Crippen LogP contribution in [-0.2, 0) is 42.4 Å². The highest BCUT2D eigenvalue weighted by Crippen LogP contribution is 2.34. The zero-order valence-corrected chi connectivity index (χ0v) is 47.0. The first-order valence-electron chi connectivity index (χ1n) is 28.1. The van der Waals surface area contributed by atoms with E-state index in [0.29, 0.717) is 83.1 Å². The highest BCUT2D eigenvalue weighted by molar-refractivity contribution is 9.09. The topological polar surface area (TPSA) is 165 Å². The average molecular weight is 1170 g/mol. The minimum Gasteiger partial charge on any atom is -0.489 e. The van der Waals surface area contributed by atoms with Crippen LogP contribution in [0.25, 0.3) is 22.1 Å². The van der Waals surface area contributed by atoms with Gasteiger partial charge in [0.25, 0.3) is 11.8 Å². The zero-order chi connectivity index (χ0) is 56.1. The second-order valence-corrected chi connectivity index (χ2v) is 21.7. The summed E-state index contributed by atoms with van der Waals surface area (Å²) in [5, 5.41) is 20.8. The molecule has 2 aromatic heterocycles. The number of hydrogen-bond acceptors (Lipinski definition) is 10. The van der Waals surface area contributed by atoms with E-state index in [-0.39, 0.29) is 61.9 Å². The van der Waals surface area contributed by atoms with Gasteiger partial charge >= 0.3 is 0 Å². The van der Waals surface area contributed by atoms with Crippen molar-refractivity contribution in [3.05, 3.63) is 190 Å². The van der Waals surface area contributed by atoms with Crippen LogP contribution in [0.15, 0.2) is 133 Å². The molecule has 0 aliphatic carbocycles. The lowest BCUT2D eigenvalue weighted by Crippen LogP contribution is -2.38. The number of halogens is 3. The fourth-order valence-corrected chi connectivity index (χ4v) is 11.6. The Morgan fingerprint density at radius 3 is 1.64 bits per heavy atom. The minimum atomic E-state index is -0.326. The van der Waals surface area contributed by atoms with Crippen LogP contribution in [-0.4, -0.2) is 108 Å². The number of rotatable bonds is 15. The number of alkyl halides is 1. The van der Waals surface area contributed by atoms with E-state index in [1.165, 1.54) is 37.1 Å². The summed E-state index contributed by atoms with van der Waals surface area (Å²) in [6.45, 7) is 5.00. The third-order valence-electron chi connectivity index (χ3n) is 15.5. The van der Waals surface area contributed by atoms with Gasteiger partial charge < -0.3 is 48.5 Å². The van der Waals surface area contributed by atoms with Crippen LogP contribution in [0.4, 0.5) is 8.78 Å². The zero-order valence-electron chi connectivity index (χ0n) is 45.4. The van der Waals surface area contributed by atoms with Crippen molar-refractivity contribution in [2.75, 3.05) is 44.7 Å². The van der Waals surface area contributed by atoms with Crippen molar-refractivity contribution < 1.29 is 47.5 Å². The van der Waals surface area contributed by atoms with E-state index in [1.807, 2.05) is 40.1 Å². The molecule has 0 saturated carbocycles. The standard InChI is InChI=1S/C32H34FN3O4.C27H26FN3O3.C5H9BrO/c33-26-6-3-5-22(17-26)21-40-30-11-10-24(18-25(30)20-37)32(38)35-14-12-23(13-15-35)31-34-28-8-1-2-9-29(28)36(31)19-27-7-4-16-39-27;28-22-5-3-4-18(14-22)17-34-25-9-8-20(15-21(25)16-32)27(33)31-12-10-19(11-13-31)26-29-23-6-1-2-7-24(23)30-26;6-4-5-2-1-3-7-5/h1-3,5-6,8-11,17-18,23,27,37H,4,7,12-16,19-21H2;1-9,14-15,19,32H,10-13,16-17H2,(H,29,30);5H,1-4H2. The number of amides is 2. The van der Waals surface area contributed by atoms with Gasteiger partial charge in [-0.15, -0.1) is 0 Å². The summed E-state index contributed by atoms with van der Waals surface area (Å²) < 4.78 is 52.0. The van der Waals surface area contributed by atoms with Crippen LogP contribution in [0, 0.1) is 11.6 Å². The van der Waals surface area contributed by atoms with E-state index in [9.17, 15) is 28.6 Å². The number of fused-ring (bicyclic) bond motifs is 2. The Bertz CT molecular complexity index is 3350. The van der Waals surface area contributed by atoms with E-state index in [0.717, 1.165) is 97.3 Å². The number of H-pyrrole nitrogens is 1. The number of carbonyl (C=O) groups excluding carboxylic acids is 2. The smallest absolute Gasteiger partial charge is 0.253 e. The Balaban J connectivity index is 0.000000164. The largest absolute Gasteiger partial charge is 0.489 e. The molecule has 424 valence electrons. The fraction of sp³-hybridized carbons (Fsp3) is 0.375. The molecule has 4 aliphatic rings. The molecule has 2 atom stereocenters. The summed E-state index contributed by atoms with van der Waals surface area (Å²) in [6, 6.07) is 38.9. The van der Waals surface area contributed by atoms with Crippen molar-refractivity contribution in [1.29, 1.82) is 0 Å². The van der Waals surface area contributed by atoms with Crippen molar-refractivity contribution >= 4 is 49.8 Å². The molecule has 14 nitrogen and oxygen atoms in total. The van der Waals surface area contributed by atoms with Crippen molar-refractivity contribution in [1.82, 2.24) is 29.3 Å². The Hall–Kier alpha value is -7.02. The maximum Gasteiger partial charge on any atom is 0.253 e. The van der Waals surface area contributed by atoms with E-state index in [2.05, 4.69) is 43.7 Å². The molecule has 8 aromatic rings. The molecule has 2 unspecified atom stereocenters. The van der Waals surface area contributed by atoms with Gasteiger partial charge in [-0.1, -0.05) is 64.5 Å². The summed E-state index contributed by atoms with van der Waals surface area (Å²) >= 11 is 3.35. The Kier molecular flexibility index (Phi) is 19.5. The quantitative estimate of drug-likeness (QED) is 0.0842. The molecule has 0 bridgehead atoms. The summed E-state index contributed by atoms with van der Waals surface area (Å²) in [6.07, 6.45) is 8.75. The summed E-state index contributed by atoms with van der Waals surface area (Å²) in [4.78, 5) is 43.4. The molecule has 6 aromatic carbocycles. The number of imidazole rings is 2. The monoisotopic (exact) mass is 1170 g/mol. The van der Waals surface area contributed by atoms with E-state index < -0.39 is 0 Å². The number of piperidine rings is 2. The summed E-state index contributed by atoms with van der Waals surface area (Å²) in [5.41, 5.74) is 7.62. The predicted molar refractivity (Wildman–Crippen MR) is 310 cm³/mol. The molecular formula is C64H69BrF2N6O8. The van der Waals surface area contributed by atoms with Crippen molar-refractivity contribution in [3.8, 4) is 11.5 Å². The van der Waals surface area contributed by atoms with Gasteiger partial charge in [-0.25, -0.2) is 18.7 Å². The SMILES string of the molecule is BrCC1CCCO1.O=C(c1ccc(OCc2cccc(F)c2)c(CO)c1)N1CCC(c2nc3ccccc3[nH]2)CC1.O=C(c1ccc(OCc2cccc(F)c2)c(CO)c1)N1CCC(c2nc3ccccc3n2CC2CCCO2)CC1. The maximum absolute atomic E-state index is 13.5. The number of ether oxygens (including phenoxy) is 4. The molecule has 4 saturated heterocycles. The predicted octanol–water partition coefficient (Wildman–Crippen LogP) is 11.8. The van der Waals surface area contributed by atoms with Gasteiger partial charge in [-0.2, -0.15) is 0 Å². The Morgan fingerprint density at radius 1 is 0.605 bits per heavy atom. The van der Waals surface area contributed by atoms with Gasteiger partial charge in [0.05, 0.1) is 54.0 Å². The lowest BCUT2D eigenvalue weighted by Gasteiger charge is -2.32. The molecule has 0 spiro atoms. The first-order valence-corrected chi connectivity index (χ1v) is 29.2. The van der Waals surface area contributed by atoms with Crippen molar-refractivity contribution in [3.63, 3.8) is 0 Å². The summed E-state index contributed by atoms with van der Waals surface area (Å²) in [5.74, 6) is 2.82. The summed E-state index contributed by atoms with van der Waals surface area (Å²) in [7, 11) is 0. The molecule has 4 aliphatic heterocycles. The van der Waals surface area contributed by atoms with Crippen molar-refractivity contribution in [2.45, 2.75) is 108 Å². The molecule has 4 fully saturated rings. The highest BCUT2D eigenvalue weighted by Gasteiger charge is 2.31. The number of aliphatic hydroxyl groups is 2. The number of aromatic amines is 1. The van der Waals surface area contributed by atoms with Crippen LogP contribution in [0.2, 0.25) is 0 Å². The lowest BCUT2D eigenvalue weighted by atomic mass is 9.95. The number of para-hydroxylation sites is 4. The van der Waals surface area contributed by atoms with Crippen LogP contribution in [0.3, 0.4) is 0 Å². The van der Waals surface area contributed by atoms with Crippen LogP contribution in [0.1, 0.15) is 118 Å². The Morgan fingerprint density at radius 2 is 1.14 bits per heavy atom. The van der Waals surface area contributed by atoms with Gasteiger partial charge in [-0.05, 0) is 147 Å². The maximum atomic E-state index is 13.5.